The molecule has 2 amide bonds. The number of fused-ring (bicyclic) bond motifs is 1. The molecule has 10 nitrogen and oxygen atoms in total. The van der Waals surface area contributed by atoms with Crippen molar-refractivity contribution < 1.29 is 18.7 Å². The Morgan fingerprint density at radius 3 is 2.71 bits per heavy atom. The Morgan fingerprint density at radius 1 is 1.14 bits per heavy atom. The molecule has 1 saturated heterocycles. The molecule has 35 heavy (non-hydrogen) atoms. The molecular weight excluding hydrogens is 450 g/mol. The molecule has 0 aliphatic carbocycles. The van der Waals surface area contributed by atoms with Crippen LogP contribution < -0.4 is 11.1 Å². The number of anilines is 1. The smallest absolute Gasteiger partial charge is 0.420 e. The molecule has 2 aromatic carbocycles. The molecule has 0 bridgehead atoms. The van der Waals surface area contributed by atoms with Crippen LogP contribution in [-0.2, 0) is 11.3 Å². The first kappa shape index (κ1) is 24.5. The molecule has 0 saturated carbocycles. The number of hydrogen-bond donors (Lipinski definition) is 1. The average Bonchev–Trinajstić information content (AvgIpc) is 3.16. The Bertz CT molecular complexity index is 1240. The lowest BCUT2D eigenvalue weighted by Gasteiger charge is -2.35. The van der Waals surface area contributed by atoms with Crippen molar-refractivity contribution in [3.05, 3.63) is 69.5 Å². The van der Waals surface area contributed by atoms with Crippen molar-refractivity contribution in [3.8, 4) is 0 Å². The first-order valence-corrected chi connectivity index (χ1v) is 11.6. The predicted molar refractivity (Wildman–Crippen MR) is 133 cm³/mol. The zero-order valence-corrected chi connectivity index (χ0v) is 20.0. The second kappa shape index (κ2) is 11.2. The minimum absolute atomic E-state index is 0.164. The highest BCUT2D eigenvalue weighted by Gasteiger charge is 2.15. The van der Waals surface area contributed by atoms with Gasteiger partial charge >= 0.3 is 11.8 Å². The van der Waals surface area contributed by atoms with Gasteiger partial charge < -0.3 is 24.3 Å². The normalized spacial score (nSPS) is 14.1. The van der Waals surface area contributed by atoms with Crippen molar-refractivity contribution in [2.24, 2.45) is 0 Å². The number of hydrogen-bond acceptors (Lipinski definition) is 6. The number of benzene rings is 2. The Labute approximate surface area is 203 Å². The van der Waals surface area contributed by atoms with E-state index in [1.165, 1.54) is 9.47 Å². The molecule has 0 radical (unpaired) electrons. The zero-order chi connectivity index (χ0) is 24.8. The van der Waals surface area contributed by atoms with Crippen LogP contribution in [0, 0.1) is 0 Å². The quantitative estimate of drug-likeness (QED) is 0.496. The second-order valence-corrected chi connectivity index (χ2v) is 8.66. The maximum atomic E-state index is 12.5. The van der Waals surface area contributed by atoms with Crippen LogP contribution in [0.1, 0.15) is 22.3 Å². The summed E-state index contributed by atoms with van der Waals surface area (Å²) in [6.07, 6.45) is 0.246. The van der Waals surface area contributed by atoms with Gasteiger partial charge in [-0.3, -0.25) is 14.7 Å². The van der Waals surface area contributed by atoms with Crippen molar-refractivity contribution in [2.75, 3.05) is 58.7 Å². The number of nitrogens with zero attached hydrogens (tertiary/aromatic N) is 4. The number of nitrogens with one attached hydrogen (secondary N) is 1. The van der Waals surface area contributed by atoms with E-state index >= 15 is 0 Å². The van der Waals surface area contributed by atoms with Crippen molar-refractivity contribution in [3.63, 3.8) is 0 Å². The Hall–Kier alpha value is -3.63. The van der Waals surface area contributed by atoms with Crippen LogP contribution in [0.2, 0.25) is 0 Å². The minimum Gasteiger partial charge on any atom is -0.660 e. The molecular formula is C25H30N5O5-. The van der Waals surface area contributed by atoms with E-state index in [-0.39, 0.29) is 12.5 Å². The SMILES string of the molecule is CN(C)C(=O)c1ccc2oc(=O)n(Cc3cccc(NC(=O)OCCCN4CC[N-]CC4)c3)c2c1. The summed E-state index contributed by atoms with van der Waals surface area (Å²) in [5.74, 6) is -0.683. The lowest BCUT2D eigenvalue weighted by Crippen LogP contribution is -2.35. The number of amides is 2. The molecule has 4 rings (SSSR count). The van der Waals surface area contributed by atoms with Gasteiger partial charge in [0.25, 0.3) is 5.91 Å². The highest BCUT2D eigenvalue weighted by atomic mass is 16.5. The van der Waals surface area contributed by atoms with Gasteiger partial charge in [-0.15, -0.1) is 13.1 Å². The van der Waals surface area contributed by atoms with Gasteiger partial charge in [-0.2, -0.15) is 0 Å². The number of ether oxygens (including phenoxy) is 1. The van der Waals surface area contributed by atoms with Crippen molar-refractivity contribution >= 4 is 28.8 Å². The average molecular weight is 481 g/mol. The van der Waals surface area contributed by atoms with E-state index < -0.39 is 11.8 Å². The summed E-state index contributed by atoms with van der Waals surface area (Å²) in [5.41, 5.74) is 2.75. The predicted octanol–water partition coefficient (Wildman–Crippen LogP) is 2.97. The lowest BCUT2D eigenvalue weighted by atomic mass is 10.1. The number of carbonyl (C=O) groups excluding carboxylic acids is 2. The van der Waals surface area contributed by atoms with Gasteiger partial charge in [-0.05, 0) is 55.4 Å². The molecule has 1 fully saturated rings. The van der Waals surface area contributed by atoms with Crippen LogP contribution in [0.3, 0.4) is 0 Å². The van der Waals surface area contributed by atoms with Gasteiger partial charge in [0.1, 0.15) is 0 Å². The van der Waals surface area contributed by atoms with Crippen LogP contribution in [0.4, 0.5) is 10.5 Å². The fourth-order valence-corrected chi connectivity index (χ4v) is 4.01. The fourth-order valence-electron chi connectivity index (χ4n) is 4.01. The number of oxazole rings is 1. The molecule has 1 aromatic heterocycles. The zero-order valence-electron chi connectivity index (χ0n) is 20.0. The summed E-state index contributed by atoms with van der Waals surface area (Å²) >= 11 is 0. The third kappa shape index (κ3) is 6.28. The van der Waals surface area contributed by atoms with Crippen molar-refractivity contribution in [1.82, 2.24) is 14.4 Å². The molecule has 3 aromatic rings. The van der Waals surface area contributed by atoms with Gasteiger partial charge in [0.05, 0.1) is 18.7 Å². The number of piperazine rings is 1. The van der Waals surface area contributed by atoms with E-state index in [1.807, 2.05) is 6.07 Å². The van der Waals surface area contributed by atoms with Crippen LogP contribution in [0.5, 0.6) is 0 Å². The maximum Gasteiger partial charge on any atom is 0.420 e. The molecule has 10 heteroatoms. The second-order valence-electron chi connectivity index (χ2n) is 8.66. The molecule has 0 atom stereocenters. The number of carbonyl (C=O) groups is 2. The van der Waals surface area contributed by atoms with E-state index in [0.29, 0.717) is 29.0 Å². The minimum atomic E-state index is -0.520. The largest absolute Gasteiger partial charge is 0.660 e. The summed E-state index contributed by atoms with van der Waals surface area (Å²) in [7, 11) is 3.34. The van der Waals surface area contributed by atoms with Gasteiger partial charge in [0, 0.05) is 31.9 Å². The van der Waals surface area contributed by atoms with Crippen LogP contribution in [-0.4, -0.2) is 79.8 Å². The van der Waals surface area contributed by atoms with E-state index in [1.54, 1.807) is 50.5 Å². The van der Waals surface area contributed by atoms with Gasteiger partial charge in [0.15, 0.2) is 5.58 Å². The molecule has 0 unspecified atom stereocenters. The standard InChI is InChI=1S/C25H30N5O5/c1-28(2)23(31)19-7-8-22-21(16-19)30(25(33)35-22)17-18-5-3-6-20(15-18)27-24(32)34-14-4-11-29-12-9-26-10-13-29/h3,5-8,15-16H,4,9-14,17H2,1-2H3,(H,27,32)/q-1. The van der Waals surface area contributed by atoms with Crippen molar-refractivity contribution in [2.45, 2.75) is 13.0 Å². The van der Waals surface area contributed by atoms with Gasteiger partial charge in [-0.25, -0.2) is 9.59 Å². The monoisotopic (exact) mass is 480 g/mol. The third-order valence-electron chi connectivity index (χ3n) is 5.84. The molecule has 1 aliphatic rings. The molecule has 1 N–H and O–H groups in total. The summed E-state index contributed by atoms with van der Waals surface area (Å²) in [6, 6.07) is 12.1. The summed E-state index contributed by atoms with van der Waals surface area (Å²) in [4.78, 5) is 40.8. The molecule has 186 valence electrons. The van der Waals surface area contributed by atoms with Crippen LogP contribution in [0.15, 0.2) is 51.7 Å². The Kier molecular flexibility index (Phi) is 7.84. The van der Waals surface area contributed by atoms with E-state index in [2.05, 4.69) is 15.5 Å². The molecule has 1 aliphatic heterocycles. The summed E-state index contributed by atoms with van der Waals surface area (Å²) in [5, 5.41) is 7.06. The lowest BCUT2D eigenvalue weighted by molar-refractivity contribution is 0.0827. The first-order valence-electron chi connectivity index (χ1n) is 11.6. The van der Waals surface area contributed by atoms with Crippen molar-refractivity contribution in [1.29, 1.82) is 0 Å². The maximum absolute atomic E-state index is 12.5. The number of rotatable bonds is 8. The van der Waals surface area contributed by atoms with Gasteiger partial charge in [-0.1, -0.05) is 12.1 Å². The first-order chi connectivity index (χ1) is 16.9. The van der Waals surface area contributed by atoms with Crippen LogP contribution >= 0.6 is 0 Å². The Morgan fingerprint density at radius 2 is 1.94 bits per heavy atom. The summed E-state index contributed by atoms with van der Waals surface area (Å²) in [6.45, 7) is 5.10. The van der Waals surface area contributed by atoms with E-state index in [0.717, 1.165) is 44.7 Å². The van der Waals surface area contributed by atoms with E-state index in [9.17, 15) is 14.4 Å². The highest BCUT2D eigenvalue weighted by molar-refractivity contribution is 5.96. The fraction of sp³-hybridized carbons (Fsp3) is 0.400. The third-order valence-corrected chi connectivity index (χ3v) is 5.84. The van der Waals surface area contributed by atoms with Crippen LogP contribution in [0.25, 0.3) is 16.4 Å². The number of aromatic nitrogens is 1. The molecule has 2 heterocycles. The highest BCUT2D eigenvalue weighted by Crippen LogP contribution is 2.19. The van der Waals surface area contributed by atoms with Gasteiger partial charge in [0.2, 0.25) is 0 Å². The summed E-state index contributed by atoms with van der Waals surface area (Å²) < 4.78 is 12.1. The Balaban J connectivity index is 1.37. The van der Waals surface area contributed by atoms with E-state index in [4.69, 9.17) is 9.15 Å². The molecule has 0 spiro atoms. The topological polar surface area (TPSA) is 111 Å².